The molecule has 1 aromatic carbocycles. The van der Waals surface area contributed by atoms with Crippen LogP contribution in [0.4, 0.5) is 0 Å². The second kappa shape index (κ2) is 7.66. The molecule has 0 spiro atoms. The summed E-state index contributed by atoms with van der Waals surface area (Å²) in [5.41, 5.74) is 10.2. The average molecular weight is 262 g/mol. The number of rotatable bonds is 7. The third-order valence-electron chi connectivity index (χ3n) is 4.02. The highest BCUT2D eigenvalue weighted by Crippen LogP contribution is 2.18. The highest BCUT2D eigenvalue weighted by Gasteiger charge is 2.13. The van der Waals surface area contributed by atoms with E-state index in [-0.39, 0.29) is 6.04 Å². The zero-order valence-corrected chi connectivity index (χ0v) is 13.2. The number of nitrogens with zero attached hydrogens (tertiary/aromatic N) is 1. The van der Waals surface area contributed by atoms with Crippen molar-refractivity contribution >= 4 is 0 Å². The second-order valence-corrected chi connectivity index (χ2v) is 5.70. The number of hydrogen-bond donors (Lipinski definition) is 1. The zero-order valence-electron chi connectivity index (χ0n) is 13.2. The molecule has 0 heterocycles. The van der Waals surface area contributed by atoms with Crippen molar-refractivity contribution in [1.82, 2.24) is 4.90 Å². The quantitative estimate of drug-likeness (QED) is 0.809. The monoisotopic (exact) mass is 262 g/mol. The fourth-order valence-corrected chi connectivity index (χ4v) is 2.64. The van der Waals surface area contributed by atoms with Crippen molar-refractivity contribution in [3.8, 4) is 0 Å². The third kappa shape index (κ3) is 4.96. The van der Waals surface area contributed by atoms with Crippen LogP contribution in [-0.4, -0.2) is 24.0 Å². The van der Waals surface area contributed by atoms with E-state index in [1.54, 1.807) is 0 Å². The van der Waals surface area contributed by atoms with Crippen LogP contribution in [0.15, 0.2) is 18.2 Å². The van der Waals surface area contributed by atoms with E-state index >= 15 is 0 Å². The third-order valence-corrected chi connectivity index (χ3v) is 4.02. The summed E-state index contributed by atoms with van der Waals surface area (Å²) in [5.74, 6) is 0. The Bertz CT molecular complexity index is 367. The molecule has 1 aromatic rings. The first kappa shape index (κ1) is 16.2. The molecule has 0 aromatic heterocycles. The molecule has 0 aliphatic heterocycles. The predicted octanol–water partition coefficient (Wildman–Crippen LogP) is 3.81. The van der Waals surface area contributed by atoms with Crippen molar-refractivity contribution in [3.63, 3.8) is 0 Å². The fourth-order valence-electron chi connectivity index (χ4n) is 2.64. The Balaban J connectivity index is 2.61. The molecule has 2 heteroatoms. The highest BCUT2D eigenvalue weighted by atomic mass is 15.1. The lowest BCUT2D eigenvalue weighted by atomic mass is 9.99. The van der Waals surface area contributed by atoms with Gasteiger partial charge in [-0.15, -0.1) is 0 Å². The van der Waals surface area contributed by atoms with Gasteiger partial charge in [-0.1, -0.05) is 43.2 Å². The predicted molar refractivity (Wildman–Crippen MR) is 84.5 cm³/mol. The molecule has 2 nitrogen and oxygen atoms in total. The molecule has 0 saturated carbocycles. The molecule has 1 rings (SSSR count). The van der Waals surface area contributed by atoms with Gasteiger partial charge in [0.15, 0.2) is 0 Å². The van der Waals surface area contributed by atoms with Crippen LogP contribution in [-0.2, 0) is 0 Å². The molecule has 0 aliphatic carbocycles. The van der Waals surface area contributed by atoms with Crippen LogP contribution in [0, 0.1) is 13.8 Å². The van der Waals surface area contributed by atoms with Gasteiger partial charge in [0.2, 0.25) is 0 Å². The van der Waals surface area contributed by atoms with Crippen LogP contribution in [0.5, 0.6) is 0 Å². The van der Waals surface area contributed by atoms with Crippen molar-refractivity contribution in [2.24, 2.45) is 5.73 Å². The summed E-state index contributed by atoms with van der Waals surface area (Å²) in [7, 11) is 0. The summed E-state index contributed by atoms with van der Waals surface area (Å²) in [6.07, 6.45) is 2.23. The van der Waals surface area contributed by atoms with Gasteiger partial charge in [-0.25, -0.2) is 0 Å². The lowest BCUT2D eigenvalue weighted by Gasteiger charge is -2.28. The first-order valence-corrected chi connectivity index (χ1v) is 7.55. The molecule has 0 bridgehead atoms. The molecule has 0 fully saturated rings. The maximum absolute atomic E-state index is 6.35. The standard InChI is InChI=1S/C17H30N2/c1-6-15(5)19(7-2)9-8-17(18)16-11-13(3)10-14(4)12-16/h10-12,15,17H,6-9,18H2,1-5H3. The van der Waals surface area contributed by atoms with E-state index in [4.69, 9.17) is 5.73 Å². The molecule has 0 amide bonds. The van der Waals surface area contributed by atoms with E-state index in [1.807, 2.05) is 0 Å². The Morgan fingerprint density at radius 1 is 1.11 bits per heavy atom. The van der Waals surface area contributed by atoms with E-state index in [9.17, 15) is 0 Å². The summed E-state index contributed by atoms with van der Waals surface area (Å²) < 4.78 is 0. The SMILES string of the molecule is CCC(C)N(CC)CCC(N)c1cc(C)cc(C)c1. The van der Waals surface area contributed by atoms with E-state index in [2.05, 4.69) is 57.7 Å². The first-order valence-electron chi connectivity index (χ1n) is 7.55. The molecular weight excluding hydrogens is 232 g/mol. The fraction of sp³-hybridized carbons (Fsp3) is 0.647. The van der Waals surface area contributed by atoms with E-state index < -0.39 is 0 Å². The van der Waals surface area contributed by atoms with Crippen LogP contribution in [0.25, 0.3) is 0 Å². The highest BCUT2D eigenvalue weighted by molar-refractivity contribution is 5.30. The van der Waals surface area contributed by atoms with E-state index in [0.29, 0.717) is 6.04 Å². The molecule has 2 unspecified atom stereocenters. The Morgan fingerprint density at radius 3 is 2.16 bits per heavy atom. The summed E-state index contributed by atoms with van der Waals surface area (Å²) in [4.78, 5) is 2.52. The summed E-state index contributed by atoms with van der Waals surface area (Å²) >= 11 is 0. The summed E-state index contributed by atoms with van der Waals surface area (Å²) in [5, 5.41) is 0. The van der Waals surface area contributed by atoms with Gasteiger partial charge in [0.25, 0.3) is 0 Å². The van der Waals surface area contributed by atoms with Crippen molar-refractivity contribution in [1.29, 1.82) is 0 Å². The number of nitrogens with two attached hydrogens (primary N) is 1. The lowest BCUT2D eigenvalue weighted by Crippen LogP contribution is -2.34. The van der Waals surface area contributed by atoms with E-state index in [1.165, 1.54) is 23.1 Å². The Hall–Kier alpha value is -0.860. The molecule has 2 atom stereocenters. The normalized spacial score (nSPS) is 14.7. The van der Waals surface area contributed by atoms with Crippen LogP contribution >= 0.6 is 0 Å². The summed E-state index contributed by atoms with van der Waals surface area (Å²) in [6, 6.07) is 7.44. The first-order chi connectivity index (χ1) is 8.97. The van der Waals surface area contributed by atoms with Gasteiger partial charge in [-0.3, -0.25) is 0 Å². The molecule has 108 valence electrons. The van der Waals surface area contributed by atoms with Crippen molar-refractivity contribution in [2.45, 2.75) is 59.5 Å². The van der Waals surface area contributed by atoms with Crippen molar-refractivity contribution in [3.05, 3.63) is 34.9 Å². The van der Waals surface area contributed by atoms with Crippen LogP contribution < -0.4 is 5.73 Å². The minimum absolute atomic E-state index is 0.150. The Morgan fingerprint density at radius 2 is 1.68 bits per heavy atom. The second-order valence-electron chi connectivity index (χ2n) is 5.70. The smallest absolute Gasteiger partial charge is 0.0307 e. The van der Waals surface area contributed by atoms with Gasteiger partial charge < -0.3 is 10.6 Å². The average Bonchev–Trinajstić information content (AvgIpc) is 2.37. The maximum Gasteiger partial charge on any atom is 0.0307 e. The van der Waals surface area contributed by atoms with Crippen molar-refractivity contribution in [2.75, 3.05) is 13.1 Å². The Kier molecular flexibility index (Phi) is 6.53. The summed E-state index contributed by atoms with van der Waals surface area (Å²) in [6.45, 7) is 13.2. The molecule has 0 aliphatic rings. The molecule has 2 N–H and O–H groups in total. The van der Waals surface area contributed by atoms with Gasteiger partial charge in [0.05, 0.1) is 0 Å². The maximum atomic E-state index is 6.35. The van der Waals surface area contributed by atoms with Crippen LogP contribution in [0.2, 0.25) is 0 Å². The zero-order chi connectivity index (χ0) is 14.4. The van der Waals surface area contributed by atoms with Crippen LogP contribution in [0.3, 0.4) is 0 Å². The Labute approximate surface area is 119 Å². The molecule has 19 heavy (non-hydrogen) atoms. The molecule has 0 radical (unpaired) electrons. The van der Waals surface area contributed by atoms with Gasteiger partial charge in [-0.05, 0) is 45.7 Å². The number of benzene rings is 1. The lowest BCUT2D eigenvalue weighted by molar-refractivity contribution is 0.207. The minimum Gasteiger partial charge on any atom is -0.324 e. The number of hydrogen-bond acceptors (Lipinski definition) is 2. The van der Waals surface area contributed by atoms with Gasteiger partial charge in [-0.2, -0.15) is 0 Å². The topological polar surface area (TPSA) is 29.3 Å². The van der Waals surface area contributed by atoms with Crippen LogP contribution in [0.1, 0.15) is 56.3 Å². The van der Waals surface area contributed by atoms with E-state index in [0.717, 1.165) is 19.5 Å². The largest absolute Gasteiger partial charge is 0.324 e. The molecular formula is C17H30N2. The number of aryl methyl sites for hydroxylation is 2. The molecule has 0 saturated heterocycles. The van der Waals surface area contributed by atoms with Crippen molar-refractivity contribution < 1.29 is 0 Å². The van der Waals surface area contributed by atoms with Gasteiger partial charge in [0.1, 0.15) is 0 Å². The minimum atomic E-state index is 0.150. The van der Waals surface area contributed by atoms with Gasteiger partial charge >= 0.3 is 0 Å². The van der Waals surface area contributed by atoms with Gasteiger partial charge in [0, 0.05) is 18.6 Å².